The molecule has 1 atom stereocenters. The zero-order chi connectivity index (χ0) is 18.8. The van der Waals surface area contributed by atoms with Crippen LogP contribution in [0.5, 0.6) is 0 Å². The van der Waals surface area contributed by atoms with E-state index in [-0.39, 0.29) is 30.2 Å². The van der Waals surface area contributed by atoms with Crippen LogP contribution >= 0.6 is 12.6 Å². The highest BCUT2D eigenvalue weighted by atomic mass is 32.1. The summed E-state index contributed by atoms with van der Waals surface area (Å²) in [7, 11) is 1.55. The minimum absolute atomic E-state index is 0.0551. The highest BCUT2D eigenvalue weighted by molar-refractivity contribution is 7.80. The summed E-state index contributed by atoms with van der Waals surface area (Å²) in [6.45, 7) is 0.730. The van der Waals surface area contributed by atoms with E-state index in [1.165, 1.54) is 0 Å². The summed E-state index contributed by atoms with van der Waals surface area (Å²) in [6.07, 6.45) is 0.562. The molecule has 1 aromatic heterocycles. The molecule has 0 aliphatic rings. The fourth-order valence-corrected chi connectivity index (χ4v) is 2.48. The lowest BCUT2D eigenvalue weighted by molar-refractivity contribution is -0.122. The minimum Gasteiger partial charge on any atom is -0.383 e. The van der Waals surface area contributed by atoms with Gasteiger partial charge < -0.3 is 10.1 Å². The Morgan fingerprint density at radius 3 is 2.77 bits per heavy atom. The molecule has 140 valence electrons. The van der Waals surface area contributed by atoms with E-state index in [1.54, 1.807) is 7.11 Å². The molecule has 0 radical (unpaired) electrons. The van der Waals surface area contributed by atoms with E-state index < -0.39 is 0 Å². The van der Waals surface area contributed by atoms with Gasteiger partial charge in [0.15, 0.2) is 0 Å². The summed E-state index contributed by atoms with van der Waals surface area (Å²) in [5.41, 5.74) is 1.05. The Balaban J connectivity index is 1.86. The number of anilines is 1. The fraction of sp³-hybridized carbons (Fsp3) is 0.438. The summed E-state index contributed by atoms with van der Waals surface area (Å²) < 4.78 is 4.85. The second-order valence-electron chi connectivity index (χ2n) is 5.54. The number of nitrogens with zero attached hydrogens (tertiary/aromatic N) is 4. The first-order chi connectivity index (χ1) is 12.6. The maximum Gasteiger partial charge on any atom is 0.270 e. The standard InChI is InChI=1S/C16H22N6O3S/c1-25-8-7-17-14(23)10-22-20-16(19-21-22)18-15(24)13(11-26)9-12-5-3-2-4-6-12/h2-6,13,26H,7-11H2,1H3,(H,17,23)(H,18,20,24)/t13-/m1/s1. The molecule has 0 fully saturated rings. The van der Waals surface area contributed by atoms with Crippen LogP contribution in [0, 0.1) is 5.92 Å². The van der Waals surface area contributed by atoms with Crippen LogP contribution in [-0.2, 0) is 27.3 Å². The molecule has 0 unspecified atom stereocenters. The maximum absolute atomic E-state index is 12.4. The van der Waals surface area contributed by atoms with Crippen LogP contribution in [0.4, 0.5) is 5.95 Å². The van der Waals surface area contributed by atoms with Gasteiger partial charge in [-0.1, -0.05) is 35.4 Å². The van der Waals surface area contributed by atoms with Gasteiger partial charge in [-0.05, 0) is 17.2 Å². The van der Waals surface area contributed by atoms with Gasteiger partial charge in [-0.25, -0.2) is 0 Å². The monoisotopic (exact) mass is 378 g/mol. The van der Waals surface area contributed by atoms with E-state index in [9.17, 15) is 9.59 Å². The Labute approximate surface area is 156 Å². The van der Waals surface area contributed by atoms with E-state index in [0.717, 1.165) is 10.4 Å². The lowest BCUT2D eigenvalue weighted by Gasteiger charge is -2.12. The van der Waals surface area contributed by atoms with Crippen molar-refractivity contribution < 1.29 is 14.3 Å². The van der Waals surface area contributed by atoms with Crippen molar-refractivity contribution in [3.05, 3.63) is 35.9 Å². The number of amides is 2. The van der Waals surface area contributed by atoms with Gasteiger partial charge in [-0.3, -0.25) is 14.9 Å². The normalized spacial score (nSPS) is 11.8. The first kappa shape index (κ1) is 19.9. The third kappa shape index (κ3) is 6.45. The number of hydrogen-bond acceptors (Lipinski definition) is 7. The smallest absolute Gasteiger partial charge is 0.270 e. The first-order valence-electron chi connectivity index (χ1n) is 8.11. The Bertz CT molecular complexity index is 709. The number of aromatic nitrogens is 4. The largest absolute Gasteiger partial charge is 0.383 e. The molecule has 0 aliphatic heterocycles. The molecule has 2 aromatic rings. The highest BCUT2D eigenvalue weighted by Crippen LogP contribution is 2.12. The molecule has 10 heteroatoms. The molecule has 9 nitrogen and oxygen atoms in total. The highest BCUT2D eigenvalue weighted by Gasteiger charge is 2.19. The van der Waals surface area contributed by atoms with Crippen LogP contribution in [0.3, 0.4) is 0 Å². The predicted molar refractivity (Wildman–Crippen MR) is 98.8 cm³/mol. The van der Waals surface area contributed by atoms with Crippen molar-refractivity contribution in [2.45, 2.75) is 13.0 Å². The number of carbonyl (C=O) groups is 2. The number of methoxy groups -OCH3 is 1. The fourth-order valence-electron chi connectivity index (χ4n) is 2.19. The first-order valence-corrected chi connectivity index (χ1v) is 8.74. The molecule has 2 amide bonds. The van der Waals surface area contributed by atoms with Gasteiger partial charge in [0.1, 0.15) is 6.54 Å². The average Bonchev–Trinajstić information content (AvgIpc) is 3.07. The number of benzene rings is 1. The third-order valence-corrected chi connectivity index (χ3v) is 3.96. The minimum atomic E-state index is -0.329. The molecule has 0 spiro atoms. The number of thiol groups is 1. The van der Waals surface area contributed by atoms with Gasteiger partial charge in [0.05, 0.1) is 12.5 Å². The lowest BCUT2D eigenvalue weighted by Crippen LogP contribution is -2.31. The molecule has 0 saturated heterocycles. The van der Waals surface area contributed by atoms with Crippen LogP contribution in [0.2, 0.25) is 0 Å². The van der Waals surface area contributed by atoms with Gasteiger partial charge in [0, 0.05) is 19.4 Å². The van der Waals surface area contributed by atoms with Gasteiger partial charge in [-0.15, -0.1) is 5.10 Å². The summed E-state index contributed by atoms with van der Waals surface area (Å²) in [4.78, 5) is 25.2. The van der Waals surface area contributed by atoms with Crippen molar-refractivity contribution >= 4 is 30.4 Å². The Morgan fingerprint density at radius 1 is 1.31 bits per heavy atom. The van der Waals surface area contributed by atoms with Gasteiger partial charge >= 0.3 is 0 Å². The quantitative estimate of drug-likeness (QED) is 0.401. The van der Waals surface area contributed by atoms with Gasteiger partial charge in [0.25, 0.3) is 5.95 Å². The van der Waals surface area contributed by atoms with Gasteiger partial charge in [-0.2, -0.15) is 17.4 Å². The van der Waals surface area contributed by atoms with Crippen LogP contribution in [0.15, 0.2) is 30.3 Å². The maximum atomic E-state index is 12.4. The molecule has 26 heavy (non-hydrogen) atoms. The number of hydrogen-bond donors (Lipinski definition) is 3. The SMILES string of the molecule is COCCNC(=O)Cn1nnc(NC(=O)[C@@H](CS)Cc2ccccc2)n1. The zero-order valence-corrected chi connectivity index (χ0v) is 15.4. The van der Waals surface area contributed by atoms with E-state index in [1.807, 2.05) is 30.3 Å². The summed E-state index contributed by atoms with van der Waals surface area (Å²) in [5.74, 6) is -0.399. The Kier molecular flexibility index (Phi) is 8.03. The second-order valence-corrected chi connectivity index (χ2v) is 5.91. The Morgan fingerprint density at radius 2 is 2.08 bits per heavy atom. The molecular formula is C16H22N6O3S. The van der Waals surface area contributed by atoms with Crippen molar-refractivity contribution in [2.75, 3.05) is 31.3 Å². The number of rotatable bonds is 10. The number of tetrazole rings is 1. The molecule has 0 aliphatic carbocycles. The third-order valence-electron chi connectivity index (χ3n) is 3.52. The number of ether oxygens (including phenoxy) is 1. The van der Waals surface area contributed by atoms with Crippen molar-refractivity contribution in [3.8, 4) is 0 Å². The van der Waals surface area contributed by atoms with E-state index in [4.69, 9.17) is 4.74 Å². The Hall–Kier alpha value is -2.46. The van der Waals surface area contributed by atoms with Crippen LogP contribution in [0.1, 0.15) is 5.56 Å². The zero-order valence-electron chi connectivity index (χ0n) is 14.5. The summed E-state index contributed by atoms with van der Waals surface area (Å²) >= 11 is 4.26. The van der Waals surface area contributed by atoms with E-state index in [0.29, 0.717) is 25.3 Å². The molecule has 0 saturated carbocycles. The number of carbonyl (C=O) groups excluding carboxylic acids is 2. The molecule has 0 bridgehead atoms. The molecule has 2 rings (SSSR count). The van der Waals surface area contributed by atoms with Crippen molar-refractivity contribution in [3.63, 3.8) is 0 Å². The van der Waals surface area contributed by atoms with Crippen molar-refractivity contribution in [1.29, 1.82) is 0 Å². The van der Waals surface area contributed by atoms with Gasteiger partial charge in [0.2, 0.25) is 11.8 Å². The van der Waals surface area contributed by atoms with E-state index in [2.05, 4.69) is 38.7 Å². The number of nitrogens with one attached hydrogen (secondary N) is 2. The summed E-state index contributed by atoms with van der Waals surface area (Å²) in [6, 6.07) is 9.69. The summed E-state index contributed by atoms with van der Waals surface area (Å²) in [5, 5.41) is 16.8. The van der Waals surface area contributed by atoms with Crippen LogP contribution in [-0.4, -0.2) is 58.0 Å². The molecule has 1 heterocycles. The van der Waals surface area contributed by atoms with Crippen molar-refractivity contribution in [1.82, 2.24) is 25.5 Å². The molecular weight excluding hydrogens is 356 g/mol. The average molecular weight is 378 g/mol. The van der Waals surface area contributed by atoms with E-state index >= 15 is 0 Å². The topological polar surface area (TPSA) is 111 Å². The molecule has 1 aromatic carbocycles. The second kappa shape index (κ2) is 10.5. The molecule has 2 N–H and O–H groups in total. The van der Waals surface area contributed by atoms with Crippen molar-refractivity contribution in [2.24, 2.45) is 5.92 Å². The van der Waals surface area contributed by atoms with Crippen LogP contribution in [0.25, 0.3) is 0 Å². The lowest BCUT2D eigenvalue weighted by atomic mass is 10.0. The predicted octanol–water partition coefficient (Wildman–Crippen LogP) is 0.163. The van der Waals surface area contributed by atoms with Crippen LogP contribution < -0.4 is 10.6 Å².